The fourth-order valence-corrected chi connectivity index (χ4v) is 3.35. The Hall–Kier alpha value is -3.56. The van der Waals surface area contributed by atoms with Crippen molar-refractivity contribution in [2.45, 2.75) is 25.4 Å². The van der Waals surface area contributed by atoms with E-state index in [1.165, 1.54) is 28.0 Å². The monoisotopic (exact) mass is 398 g/mol. The van der Waals surface area contributed by atoms with Gasteiger partial charge in [-0.15, -0.1) is 5.10 Å². The van der Waals surface area contributed by atoms with E-state index in [1.807, 2.05) is 12.1 Å². The Morgan fingerprint density at radius 1 is 1.24 bits per heavy atom. The molecular formula is C19H19FN6O3. The molecule has 0 radical (unpaired) electrons. The van der Waals surface area contributed by atoms with Crippen LogP contribution in [0.2, 0.25) is 0 Å². The summed E-state index contributed by atoms with van der Waals surface area (Å²) in [6.07, 6.45) is 3.86. The molecule has 0 unspecified atom stereocenters. The van der Waals surface area contributed by atoms with Gasteiger partial charge in [0.05, 0.1) is 11.4 Å². The molecule has 1 fully saturated rings. The maximum atomic E-state index is 14.3. The summed E-state index contributed by atoms with van der Waals surface area (Å²) < 4.78 is 21.2. The second-order valence-corrected chi connectivity index (χ2v) is 6.78. The van der Waals surface area contributed by atoms with Gasteiger partial charge in [-0.3, -0.25) is 4.98 Å². The standard InChI is InChI=1S/C19H19FN6O3/c20-17-9-16(26-12-22-23-24-26)3-4-18(17)29-11-15-2-1-14(10-21-15)13-5-7-25(8-6-13)19(27)28/h1-4,9-10,12-13H,5-8,11H2,(H,27,28). The molecule has 0 bridgehead atoms. The number of likely N-dealkylation sites (tertiary alicyclic amines) is 1. The molecule has 1 saturated heterocycles. The molecule has 0 atom stereocenters. The van der Waals surface area contributed by atoms with E-state index in [4.69, 9.17) is 9.84 Å². The van der Waals surface area contributed by atoms with Gasteiger partial charge in [-0.1, -0.05) is 6.07 Å². The first-order valence-corrected chi connectivity index (χ1v) is 9.18. The van der Waals surface area contributed by atoms with Crippen molar-refractivity contribution in [1.29, 1.82) is 0 Å². The molecule has 150 valence electrons. The molecule has 2 aromatic heterocycles. The van der Waals surface area contributed by atoms with Crippen LogP contribution in [0.25, 0.3) is 5.69 Å². The van der Waals surface area contributed by atoms with Crippen molar-refractivity contribution in [3.8, 4) is 11.4 Å². The lowest BCUT2D eigenvalue weighted by Crippen LogP contribution is -2.36. The summed E-state index contributed by atoms with van der Waals surface area (Å²) >= 11 is 0. The zero-order chi connectivity index (χ0) is 20.2. The van der Waals surface area contributed by atoms with Crippen LogP contribution in [-0.2, 0) is 6.61 Å². The van der Waals surface area contributed by atoms with Gasteiger partial charge in [-0.25, -0.2) is 13.9 Å². The molecule has 3 heterocycles. The Bertz CT molecular complexity index is 972. The predicted molar refractivity (Wildman–Crippen MR) is 99.3 cm³/mol. The Morgan fingerprint density at radius 3 is 2.69 bits per heavy atom. The molecule has 1 aromatic carbocycles. The summed E-state index contributed by atoms with van der Waals surface area (Å²) in [5.41, 5.74) is 2.26. The minimum absolute atomic E-state index is 0.119. The Balaban J connectivity index is 1.34. The molecule has 1 aliphatic rings. The summed E-state index contributed by atoms with van der Waals surface area (Å²) in [6, 6.07) is 8.31. The minimum Gasteiger partial charge on any atom is -0.484 e. The highest BCUT2D eigenvalue weighted by atomic mass is 19.1. The van der Waals surface area contributed by atoms with Gasteiger partial charge >= 0.3 is 6.09 Å². The molecule has 1 aliphatic heterocycles. The molecule has 1 amide bonds. The molecule has 0 spiro atoms. The Kier molecular flexibility index (Phi) is 5.32. The van der Waals surface area contributed by atoms with Crippen molar-refractivity contribution in [1.82, 2.24) is 30.1 Å². The number of halogens is 1. The number of amides is 1. The largest absolute Gasteiger partial charge is 0.484 e. The molecule has 3 aromatic rings. The van der Waals surface area contributed by atoms with Gasteiger partial charge < -0.3 is 14.7 Å². The average Bonchev–Trinajstić information content (AvgIpc) is 3.28. The number of carboxylic acid groups (broad SMARTS) is 1. The number of pyridine rings is 1. The summed E-state index contributed by atoms with van der Waals surface area (Å²) in [5, 5.41) is 19.8. The second kappa shape index (κ2) is 8.21. The molecule has 0 saturated carbocycles. The maximum absolute atomic E-state index is 14.3. The van der Waals surface area contributed by atoms with Crippen molar-refractivity contribution >= 4 is 6.09 Å². The van der Waals surface area contributed by atoms with Crippen LogP contribution in [0.15, 0.2) is 42.9 Å². The van der Waals surface area contributed by atoms with Crippen molar-refractivity contribution in [3.63, 3.8) is 0 Å². The van der Waals surface area contributed by atoms with E-state index in [0.29, 0.717) is 30.4 Å². The summed E-state index contributed by atoms with van der Waals surface area (Å²) in [6.45, 7) is 1.20. The molecule has 0 aliphatic carbocycles. The Labute approximate surface area is 165 Å². The highest BCUT2D eigenvalue weighted by molar-refractivity contribution is 5.65. The van der Waals surface area contributed by atoms with E-state index in [1.54, 1.807) is 12.3 Å². The number of hydrogen-bond donors (Lipinski definition) is 1. The number of nitrogens with zero attached hydrogens (tertiary/aromatic N) is 6. The van der Waals surface area contributed by atoms with Gasteiger partial charge in [0.1, 0.15) is 12.9 Å². The van der Waals surface area contributed by atoms with Crippen LogP contribution in [0.1, 0.15) is 30.0 Å². The first-order valence-electron chi connectivity index (χ1n) is 9.18. The van der Waals surface area contributed by atoms with Gasteiger partial charge in [0.2, 0.25) is 0 Å². The van der Waals surface area contributed by atoms with Gasteiger partial charge in [-0.2, -0.15) is 0 Å². The van der Waals surface area contributed by atoms with Crippen LogP contribution in [0.3, 0.4) is 0 Å². The van der Waals surface area contributed by atoms with Crippen molar-refractivity contribution < 1.29 is 19.0 Å². The third kappa shape index (κ3) is 4.31. The summed E-state index contributed by atoms with van der Waals surface area (Å²) in [4.78, 5) is 16.8. The molecular weight excluding hydrogens is 379 g/mol. The average molecular weight is 398 g/mol. The van der Waals surface area contributed by atoms with E-state index in [2.05, 4.69) is 20.5 Å². The quantitative estimate of drug-likeness (QED) is 0.704. The van der Waals surface area contributed by atoms with Crippen LogP contribution >= 0.6 is 0 Å². The lowest BCUT2D eigenvalue weighted by atomic mass is 9.90. The lowest BCUT2D eigenvalue weighted by Gasteiger charge is -2.30. The Morgan fingerprint density at radius 2 is 2.07 bits per heavy atom. The normalized spacial score (nSPS) is 14.7. The van der Waals surface area contributed by atoms with E-state index in [-0.39, 0.29) is 12.4 Å². The lowest BCUT2D eigenvalue weighted by molar-refractivity contribution is 0.132. The van der Waals surface area contributed by atoms with Gasteiger partial charge in [0.25, 0.3) is 0 Å². The van der Waals surface area contributed by atoms with Crippen molar-refractivity contribution in [2.75, 3.05) is 13.1 Å². The minimum atomic E-state index is -0.868. The fourth-order valence-electron chi connectivity index (χ4n) is 3.35. The first kappa shape index (κ1) is 18.8. The second-order valence-electron chi connectivity index (χ2n) is 6.78. The first-order chi connectivity index (χ1) is 14.1. The van der Waals surface area contributed by atoms with Crippen LogP contribution in [0, 0.1) is 5.82 Å². The van der Waals surface area contributed by atoms with Crippen LogP contribution in [0.5, 0.6) is 5.75 Å². The van der Waals surface area contributed by atoms with Crippen LogP contribution < -0.4 is 4.74 Å². The predicted octanol–water partition coefficient (Wildman–Crippen LogP) is 2.63. The number of aromatic nitrogens is 5. The third-order valence-corrected chi connectivity index (χ3v) is 4.99. The van der Waals surface area contributed by atoms with Gasteiger partial charge in [-0.05, 0) is 52.9 Å². The zero-order valence-corrected chi connectivity index (χ0v) is 15.5. The SMILES string of the molecule is O=C(O)N1CCC(c2ccc(COc3ccc(-n4cnnn4)cc3F)nc2)CC1. The van der Waals surface area contributed by atoms with E-state index >= 15 is 0 Å². The molecule has 1 N–H and O–H groups in total. The van der Waals surface area contributed by atoms with E-state index in [0.717, 1.165) is 18.4 Å². The smallest absolute Gasteiger partial charge is 0.407 e. The molecule has 10 heteroatoms. The number of ether oxygens (including phenoxy) is 1. The number of benzene rings is 1. The highest BCUT2D eigenvalue weighted by Gasteiger charge is 2.23. The molecule has 4 rings (SSSR count). The van der Waals surface area contributed by atoms with Crippen LogP contribution in [0.4, 0.5) is 9.18 Å². The summed E-state index contributed by atoms with van der Waals surface area (Å²) in [7, 11) is 0. The zero-order valence-electron chi connectivity index (χ0n) is 15.5. The molecule has 29 heavy (non-hydrogen) atoms. The van der Waals surface area contributed by atoms with Crippen molar-refractivity contribution in [3.05, 3.63) is 59.9 Å². The van der Waals surface area contributed by atoms with Gasteiger partial charge in [0, 0.05) is 25.4 Å². The third-order valence-electron chi connectivity index (χ3n) is 4.99. The van der Waals surface area contributed by atoms with E-state index in [9.17, 15) is 9.18 Å². The topological polar surface area (TPSA) is 106 Å². The van der Waals surface area contributed by atoms with E-state index < -0.39 is 11.9 Å². The van der Waals surface area contributed by atoms with Gasteiger partial charge in [0.15, 0.2) is 11.6 Å². The number of tetrazole rings is 1. The number of hydrogen-bond acceptors (Lipinski definition) is 6. The van der Waals surface area contributed by atoms with Crippen molar-refractivity contribution in [2.24, 2.45) is 0 Å². The fraction of sp³-hybridized carbons (Fsp3) is 0.316. The number of piperidine rings is 1. The number of carbonyl (C=O) groups is 1. The number of rotatable bonds is 5. The molecule has 9 nitrogen and oxygen atoms in total. The summed E-state index contributed by atoms with van der Waals surface area (Å²) in [5.74, 6) is -0.0992. The highest BCUT2D eigenvalue weighted by Crippen LogP contribution is 2.28. The maximum Gasteiger partial charge on any atom is 0.407 e. The van der Waals surface area contributed by atoms with Crippen LogP contribution in [-0.4, -0.2) is 54.4 Å².